The Kier molecular flexibility index (Phi) is 8.39. The third-order valence-electron chi connectivity index (χ3n) is 4.74. The standard InChI is InChI=1S/C20H26ClN5O2S/c21-15-6-4-7-16(14-15)23-19(28)20-25-24-18(29-20)9-5-8-17(27)22-10-13-26-11-2-1-3-12-26/h4,6-7,14H,1-3,5,8-13H2,(H,22,27)(H,23,28). The van der Waals surface area contributed by atoms with E-state index in [0.29, 0.717) is 41.5 Å². The maximum Gasteiger partial charge on any atom is 0.286 e. The number of nitrogens with one attached hydrogen (secondary N) is 2. The van der Waals surface area contributed by atoms with Gasteiger partial charge >= 0.3 is 0 Å². The number of benzene rings is 1. The predicted molar refractivity (Wildman–Crippen MR) is 116 cm³/mol. The number of carbonyl (C=O) groups excluding carboxylic acids is 2. The number of likely N-dealkylation sites (tertiary alicyclic amines) is 1. The first-order chi connectivity index (χ1) is 14.1. The van der Waals surface area contributed by atoms with E-state index in [-0.39, 0.29) is 11.8 Å². The van der Waals surface area contributed by atoms with Crippen molar-refractivity contribution in [3.8, 4) is 0 Å². The summed E-state index contributed by atoms with van der Waals surface area (Å²) in [5.74, 6) is -0.253. The highest BCUT2D eigenvalue weighted by molar-refractivity contribution is 7.13. The van der Waals surface area contributed by atoms with Crippen LogP contribution >= 0.6 is 22.9 Å². The van der Waals surface area contributed by atoms with E-state index in [1.165, 1.54) is 30.6 Å². The number of rotatable bonds is 9. The van der Waals surface area contributed by atoms with Crippen LogP contribution in [0, 0.1) is 0 Å². The second-order valence-electron chi connectivity index (χ2n) is 7.07. The molecule has 0 spiro atoms. The van der Waals surface area contributed by atoms with Crippen LogP contribution in [0.3, 0.4) is 0 Å². The van der Waals surface area contributed by atoms with Gasteiger partial charge in [-0.2, -0.15) is 0 Å². The fourth-order valence-electron chi connectivity index (χ4n) is 3.22. The molecule has 9 heteroatoms. The van der Waals surface area contributed by atoms with Crippen LogP contribution in [0.15, 0.2) is 24.3 Å². The van der Waals surface area contributed by atoms with Gasteiger partial charge in [0.05, 0.1) is 0 Å². The number of aryl methyl sites for hydroxylation is 1. The number of hydrogen-bond donors (Lipinski definition) is 2. The minimum Gasteiger partial charge on any atom is -0.355 e. The van der Waals surface area contributed by atoms with Crippen LogP contribution in [0.5, 0.6) is 0 Å². The Bertz CT molecular complexity index is 823. The maximum absolute atomic E-state index is 12.3. The lowest BCUT2D eigenvalue weighted by atomic mass is 10.1. The van der Waals surface area contributed by atoms with Gasteiger partial charge in [-0.25, -0.2) is 0 Å². The van der Waals surface area contributed by atoms with Crippen molar-refractivity contribution < 1.29 is 9.59 Å². The van der Waals surface area contributed by atoms with E-state index in [1.54, 1.807) is 24.3 Å². The van der Waals surface area contributed by atoms with Crippen molar-refractivity contribution in [2.45, 2.75) is 38.5 Å². The van der Waals surface area contributed by atoms with Crippen molar-refractivity contribution in [3.05, 3.63) is 39.3 Å². The summed E-state index contributed by atoms with van der Waals surface area (Å²) in [5, 5.41) is 15.3. The highest BCUT2D eigenvalue weighted by atomic mass is 35.5. The number of aromatic nitrogens is 2. The normalized spacial score (nSPS) is 14.5. The van der Waals surface area contributed by atoms with Gasteiger partial charge in [0, 0.05) is 36.6 Å². The molecule has 0 unspecified atom stereocenters. The number of nitrogens with zero attached hydrogens (tertiary/aromatic N) is 3. The number of amides is 2. The summed E-state index contributed by atoms with van der Waals surface area (Å²) in [7, 11) is 0. The van der Waals surface area contributed by atoms with Crippen LogP contribution in [0.2, 0.25) is 5.02 Å². The summed E-state index contributed by atoms with van der Waals surface area (Å²) in [6, 6.07) is 6.94. The topological polar surface area (TPSA) is 87.2 Å². The molecule has 2 amide bonds. The predicted octanol–water partition coefficient (Wildman–Crippen LogP) is 3.37. The summed E-state index contributed by atoms with van der Waals surface area (Å²) >= 11 is 7.17. The highest BCUT2D eigenvalue weighted by Crippen LogP contribution is 2.18. The van der Waals surface area contributed by atoms with Crippen molar-refractivity contribution in [3.63, 3.8) is 0 Å². The van der Waals surface area contributed by atoms with Gasteiger partial charge in [0.15, 0.2) is 0 Å². The fraction of sp³-hybridized carbons (Fsp3) is 0.500. The molecule has 2 aromatic rings. The van der Waals surface area contributed by atoms with Crippen LogP contribution in [-0.4, -0.2) is 53.1 Å². The van der Waals surface area contributed by atoms with E-state index in [4.69, 9.17) is 11.6 Å². The second-order valence-corrected chi connectivity index (χ2v) is 8.57. The quantitative estimate of drug-likeness (QED) is 0.630. The van der Waals surface area contributed by atoms with E-state index in [2.05, 4.69) is 25.7 Å². The van der Waals surface area contributed by atoms with Crippen molar-refractivity contribution in [1.29, 1.82) is 0 Å². The molecule has 7 nitrogen and oxygen atoms in total. The highest BCUT2D eigenvalue weighted by Gasteiger charge is 2.14. The second kappa shape index (κ2) is 11.2. The molecule has 1 aromatic carbocycles. The van der Waals surface area contributed by atoms with E-state index in [1.807, 2.05) is 0 Å². The summed E-state index contributed by atoms with van der Waals surface area (Å²) in [6.07, 6.45) is 5.59. The largest absolute Gasteiger partial charge is 0.355 e. The molecule has 29 heavy (non-hydrogen) atoms. The molecule has 1 aliphatic heterocycles. The Balaban J connectivity index is 1.34. The maximum atomic E-state index is 12.3. The molecule has 2 N–H and O–H groups in total. The Hall–Kier alpha value is -2.03. The molecule has 1 aliphatic rings. The van der Waals surface area contributed by atoms with Crippen LogP contribution in [0.25, 0.3) is 0 Å². The van der Waals surface area contributed by atoms with Gasteiger partial charge in [-0.05, 0) is 50.6 Å². The van der Waals surface area contributed by atoms with Crippen molar-refractivity contribution in [2.75, 3.05) is 31.5 Å². The minimum atomic E-state index is -0.313. The van der Waals surface area contributed by atoms with Crippen LogP contribution in [0.1, 0.15) is 46.9 Å². The van der Waals surface area contributed by atoms with Gasteiger partial charge in [-0.3, -0.25) is 9.59 Å². The zero-order valence-corrected chi connectivity index (χ0v) is 17.9. The van der Waals surface area contributed by atoms with Crippen molar-refractivity contribution in [2.24, 2.45) is 0 Å². The molecule has 0 atom stereocenters. The van der Waals surface area contributed by atoms with Gasteiger partial charge < -0.3 is 15.5 Å². The molecule has 0 aliphatic carbocycles. The molecule has 1 fully saturated rings. The number of carbonyl (C=O) groups is 2. The van der Waals surface area contributed by atoms with Crippen molar-refractivity contribution in [1.82, 2.24) is 20.4 Å². The zero-order valence-electron chi connectivity index (χ0n) is 16.3. The third-order valence-corrected chi connectivity index (χ3v) is 5.95. The van der Waals surface area contributed by atoms with Crippen LogP contribution < -0.4 is 10.6 Å². The van der Waals surface area contributed by atoms with Gasteiger partial charge in [0.25, 0.3) is 5.91 Å². The Labute approximate surface area is 179 Å². The molecular formula is C20H26ClN5O2S. The number of anilines is 1. The SMILES string of the molecule is O=C(CCCc1nnc(C(=O)Nc2cccc(Cl)c2)s1)NCCN1CCCCC1. The third kappa shape index (κ3) is 7.38. The fourth-order valence-corrected chi connectivity index (χ4v) is 4.19. The monoisotopic (exact) mass is 435 g/mol. The van der Waals surface area contributed by atoms with Gasteiger partial charge in [0.2, 0.25) is 10.9 Å². The summed E-state index contributed by atoms with van der Waals surface area (Å²) in [5.41, 5.74) is 0.612. The Morgan fingerprint density at radius 3 is 2.79 bits per heavy atom. The molecule has 3 rings (SSSR count). The number of halogens is 1. The van der Waals surface area contributed by atoms with Gasteiger partial charge in [-0.15, -0.1) is 10.2 Å². The lowest BCUT2D eigenvalue weighted by Gasteiger charge is -2.26. The summed E-state index contributed by atoms with van der Waals surface area (Å²) < 4.78 is 0. The molecule has 0 radical (unpaired) electrons. The smallest absolute Gasteiger partial charge is 0.286 e. The average Bonchev–Trinajstić information content (AvgIpc) is 3.18. The summed E-state index contributed by atoms with van der Waals surface area (Å²) in [6.45, 7) is 3.90. The molecule has 0 bridgehead atoms. The van der Waals surface area contributed by atoms with Gasteiger partial charge in [0.1, 0.15) is 5.01 Å². The van der Waals surface area contributed by atoms with E-state index >= 15 is 0 Å². The molecule has 2 heterocycles. The van der Waals surface area contributed by atoms with E-state index < -0.39 is 0 Å². The molecule has 0 saturated carbocycles. The molecular weight excluding hydrogens is 410 g/mol. The molecule has 1 aromatic heterocycles. The lowest BCUT2D eigenvalue weighted by molar-refractivity contribution is -0.121. The first-order valence-electron chi connectivity index (χ1n) is 9.98. The average molecular weight is 436 g/mol. The minimum absolute atomic E-state index is 0.0606. The zero-order chi connectivity index (χ0) is 20.5. The van der Waals surface area contributed by atoms with Gasteiger partial charge in [-0.1, -0.05) is 35.4 Å². The van der Waals surface area contributed by atoms with Crippen molar-refractivity contribution >= 4 is 40.4 Å². The number of hydrogen-bond acceptors (Lipinski definition) is 6. The Morgan fingerprint density at radius 1 is 1.17 bits per heavy atom. The summed E-state index contributed by atoms with van der Waals surface area (Å²) in [4.78, 5) is 26.6. The van der Waals surface area contributed by atoms with E-state index in [0.717, 1.165) is 24.6 Å². The van der Waals surface area contributed by atoms with Crippen LogP contribution in [0.4, 0.5) is 5.69 Å². The van der Waals surface area contributed by atoms with Crippen LogP contribution in [-0.2, 0) is 11.2 Å². The first kappa shape index (κ1) is 21.7. The molecule has 1 saturated heterocycles. The number of piperidine rings is 1. The first-order valence-corrected chi connectivity index (χ1v) is 11.2. The Morgan fingerprint density at radius 2 is 2.00 bits per heavy atom. The van der Waals surface area contributed by atoms with E-state index in [9.17, 15) is 9.59 Å². The molecule has 156 valence electrons. The lowest BCUT2D eigenvalue weighted by Crippen LogP contribution is -2.37.